The van der Waals surface area contributed by atoms with Gasteiger partial charge in [-0.1, -0.05) is 36.5 Å². The van der Waals surface area contributed by atoms with E-state index in [-0.39, 0.29) is 11.7 Å². The number of aryl methyl sites for hydroxylation is 1. The highest BCUT2D eigenvalue weighted by molar-refractivity contribution is 8.01. The van der Waals surface area contributed by atoms with E-state index in [1.807, 2.05) is 29.7 Å². The van der Waals surface area contributed by atoms with E-state index in [0.717, 1.165) is 43.4 Å². The van der Waals surface area contributed by atoms with Gasteiger partial charge in [0.05, 0.1) is 16.0 Å². The van der Waals surface area contributed by atoms with Crippen molar-refractivity contribution in [2.75, 3.05) is 16.8 Å². The first-order chi connectivity index (χ1) is 13.1. The van der Waals surface area contributed by atoms with Crippen molar-refractivity contribution in [1.29, 1.82) is 0 Å². The summed E-state index contributed by atoms with van der Waals surface area (Å²) in [5.41, 5.74) is 1.76. The highest BCUT2D eigenvalue weighted by atomic mass is 32.2. The Labute approximate surface area is 170 Å². The van der Waals surface area contributed by atoms with Crippen molar-refractivity contribution in [2.24, 2.45) is 0 Å². The van der Waals surface area contributed by atoms with Crippen LogP contribution >= 0.6 is 34.9 Å². The average molecular weight is 420 g/mol. The number of carbonyl (C=O) groups excluding carboxylic acids is 1. The smallest absolute Gasteiger partial charge is 0.234 e. The van der Waals surface area contributed by atoms with Gasteiger partial charge in [-0.05, 0) is 31.5 Å². The first kappa shape index (κ1) is 19.9. The lowest BCUT2D eigenvalue weighted by Gasteiger charge is -2.06. The SMILES string of the molecule is C=CCn1c(C)nnc1SCC(=O)Nc1ccc2nc(SCCC)sc2c1. The van der Waals surface area contributed by atoms with E-state index >= 15 is 0 Å². The fraction of sp³-hybridized carbons (Fsp3) is 0.333. The molecular weight excluding hydrogens is 398 g/mol. The number of thioether (sulfide) groups is 2. The second-order valence-electron chi connectivity index (χ2n) is 5.78. The molecule has 27 heavy (non-hydrogen) atoms. The van der Waals surface area contributed by atoms with E-state index in [1.165, 1.54) is 11.8 Å². The minimum Gasteiger partial charge on any atom is -0.325 e. The number of thiazole rings is 1. The summed E-state index contributed by atoms with van der Waals surface area (Å²) in [4.78, 5) is 16.9. The molecule has 0 unspecified atom stereocenters. The second-order valence-corrected chi connectivity index (χ2v) is 9.09. The van der Waals surface area contributed by atoms with Crippen molar-refractivity contribution in [3.8, 4) is 0 Å². The Hall–Kier alpha value is -1.84. The molecule has 1 aromatic carbocycles. The molecule has 0 aliphatic rings. The van der Waals surface area contributed by atoms with Crippen LogP contribution in [0.3, 0.4) is 0 Å². The summed E-state index contributed by atoms with van der Waals surface area (Å²) in [7, 11) is 0. The number of hydrogen-bond acceptors (Lipinski definition) is 7. The number of amides is 1. The van der Waals surface area contributed by atoms with Crippen molar-refractivity contribution >= 4 is 56.7 Å². The van der Waals surface area contributed by atoms with Crippen LogP contribution in [0.25, 0.3) is 10.2 Å². The Balaban J connectivity index is 1.61. The molecule has 0 bridgehead atoms. The van der Waals surface area contributed by atoms with Crippen molar-refractivity contribution in [3.63, 3.8) is 0 Å². The van der Waals surface area contributed by atoms with Crippen LogP contribution in [0.5, 0.6) is 0 Å². The summed E-state index contributed by atoms with van der Waals surface area (Å²) in [5.74, 6) is 2.07. The van der Waals surface area contributed by atoms with Crippen LogP contribution in [0, 0.1) is 6.92 Å². The van der Waals surface area contributed by atoms with Crippen molar-refractivity contribution in [1.82, 2.24) is 19.7 Å². The number of carbonyl (C=O) groups is 1. The van der Waals surface area contributed by atoms with Gasteiger partial charge in [-0.3, -0.25) is 4.79 Å². The Morgan fingerprint density at radius 1 is 1.37 bits per heavy atom. The zero-order valence-electron chi connectivity index (χ0n) is 15.3. The molecule has 3 rings (SSSR count). The van der Waals surface area contributed by atoms with Gasteiger partial charge < -0.3 is 9.88 Å². The maximum atomic E-state index is 12.3. The van der Waals surface area contributed by atoms with Crippen molar-refractivity contribution < 1.29 is 4.79 Å². The molecule has 0 aliphatic carbocycles. The summed E-state index contributed by atoms with van der Waals surface area (Å²) in [6, 6.07) is 5.83. The lowest BCUT2D eigenvalue weighted by molar-refractivity contribution is -0.113. The molecule has 3 aromatic rings. The van der Waals surface area contributed by atoms with Gasteiger partial charge in [-0.25, -0.2) is 4.98 Å². The number of rotatable bonds is 9. The van der Waals surface area contributed by atoms with E-state index in [1.54, 1.807) is 29.2 Å². The molecular formula is C18H21N5OS3. The van der Waals surface area contributed by atoms with E-state index in [9.17, 15) is 4.79 Å². The molecule has 2 aromatic heterocycles. The first-order valence-electron chi connectivity index (χ1n) is 8.57. The third kappa shape index (κ3) is 5.12. The van der Waals surface area contributed by atoms with Crippen LogP contribution in [0.15, 0.2) is 40.4 Å². The molecule has 0 spiro atoms. The van der Waals surface area contributed by atoms with Gasteiger partial charge in [-0.15, -0.1) is 28.1 Å². The third-order valence-corrected chi connectivity index (χ3v) is 6.96. The van der Waals surface area contributed by atoms with Crippen LogP contribution < -0.4 is 5.32 Å². The van der Waals surface area contributed by atoms with Crippen LogP contribution in [-0.4, -0.2) is 37.2 Å². The number of hydrogen-bond donors (Lipinski definition) is 1. The fourth-order valence-electron chi connectivity index (χ4n) is 2.37. The third-order valence-electron chi connectivity index (χ3n) is 3.63. The van der Waals surface area contributed by atoms with Gasteiger partial charge in [-0.2, -0.15) is 0 Å². The molecule has 0 fully saturated rings. The Kier molecular flexibility index (Phi) is 6.92. The molecule has 0 radical (unpaired) electrons. The molecule has 1 amide bonds. The van der Waals surface area contributed by atoms with E-state index in [4.69, 9.17) is 0 Å². The van der Waals surface area contributed by atoms with Gasteiger partial charge >= 0.3 is 0 Å². The van der Waals surface area contributed by atoms with Crippen molar-refractivity contribution in [3.05, 3.63) is 36.7 Å². The second kappa shape index (κ2) is 9.38. The normalized spacial score (nSPS) is 11.0. The maximum Gasteiger partial charge on any atom is 0.234 e. The summed E-state index contributed by atoms with van der Waals surface area (Å²) >= 11 is 4.81. The zero-order chi connectivity index (χ0) is 19.2. The minimum atomic E-state index is -0.0738. The predicted molar refractivity (Wildman–Crippen MR) is 115 cm³/mol. The summed E-state index contributed by atoms with van der Waals surface area (Å²) in [5, 5.41) is 11.9. The van der Waals surface area contributed by atoms with E-state index < -0.39 is 0 Å². The van der Waals surface area contributed by atoms with Crippen LogP contribution in [-0.2, 0) is 11.3 Å². The highest BCUT2D eigenvalue weighted by Crippen LogP contribution is 2.31. The topological polar surface area (TPSA) is 72.7 Å². The summed E-state index contributed by atoms with van der Waals surface area (Å²) < 4.78 is 4.09. The minimum absolute atomic E-state index is 0.0738. The molecule has 0 saturated heterocycles. The molecule has 9 heteroatoms. The number of aromatic nitrogens is 4. The average Bonchev–Trinajstić information content (AvgIpc) is 3.22. The lowest BCUT2D eigenvalue weighted by atomic mass is 10.3. The van der Waals surface area contributed by atoms with Crippen LogP contribution in [0.2, 0.25) is 0 Å². The van der Waals surface area contributed by atoms with Crippen molar-refractivity contribution in [2.45, 2.75) is 36.3 Å². The molecule has 0 saturated carbocycles. The standard InChI is InChI=1S/C18H21N5OS3/c1-4-8-23-12(3)21-22-17(23)26-11-16(24)19-13-6-7-14-15(10-13)27-18(20-14)25-9-5-2/h4,6-7,10H,1,5,8-9,11H2,2-3H3,(H,19,24). The van der Waals surface area contributed by atoms with Gasteiger partial charge in [0.25, 0.3) is 0 Å². The molecule has 142 valence electrons. The zero-order valence-corrected chi connectivity index (χ0v) is 17.7. The van der Waals surface area contributed by atoms with E-state index in [2.05, 4.69) is 34.0 Å². The number of benzene rings is 1. The molecule has 0 atom stereocenters. The number of allylic oxidation sites excluding steroid dienone is 1. The predicted octanol–water partition coefficient (Wildman–Crippen LogP) is 4.62. The number of nitrogens with zero attached hydrogens (tertiary/aromatic N) is 4. The highest BCUT2D eigenvalue weighted by Gasteiger charge is 2.12. The summed E-state index contributed by atoms with van der Waals surface area (Å²) in [6.07, 6.45) is 2.91. The molecule has 6 nitrogen and oxygen atoms in total. The number of anilines is 1. The molecule has 0 aliphatic heterocycles. The summed E-state index contributed by atoms with van der Waals surface area (Å²) in [6.45, 7) is 8.42. The fourth-order valence-corrected chi connectivity index (χ4v) is 5.19. The quantitative estimate of drug-likeness (QED) is 0.403. The van der Waals surface area contributed by atoms with Crippen LogP contribution in [0.1, 0.15) is 19.2 Å². The first-order valence-corrected chi connectivity index (χ1v) is 11.4. The van der Waals surface area contributed by atoms with Gasteiger partial charge in [0.15, 0.2) is 9.50 Å². The van der Waals surface area contributed by atoms with E-state index in [0.29, 0.717) is 6.54 Å². The van der Waals surface area contributed by atoms with Gasteiger partial charge in [0.1, 0.15) is 5.82 Å². The Morgan fingerprint density at radius 3 is 3.00 bits per heavy atom. The molecule has 1 N–H and O–H groups in total. The largest absolute Gasteiger partial charge is 0.325 e. The maximum absolute atomic E-state index is 12.3. The monoisotopic (exact) mass is 419 g/mol. The lowest BCUT2D eigenvalue weighted by Crippen LogP contribution is -2.14. The number of fused-ring (bicyclic) bond motifs is 1. The number of nitrogens with one attached hydrogen (secondary N) is 1. The van der Waals surface area contributed by atoms with Gasteiger partial charge in [0.2, 0.25) is 5.91 Å². The van der Waals surface area contributed by atoms with Crippen LogP contribution in [0.4, 0.5) is 5.69 Å². The Morgan fingerprint density at radius 2 is 2.22 bits per heavy atom. The van der Waals surface area contributed by atoms with Gasteiger partial charge in [0, 0.05) is 18.0 Å². The Bertz CT molecular complexity index is 950. The molecule has 2 heterocycles.